The Labute approximate surface area is 233 Å². The second-order valence-electron chi connectivity index (χ2n) is 7.88. The van der Waals surface area contributed by atoms with E-state index in [1.807, 2.05) is 12.4 Å². The summed E-state index contributed by atoms with van der Waals surface area (Å²) in [6.45, 7) is 1.64. The monoisotopic (exact) mass is 599 g/mol. The Hall–Kier alpha value is -2.89. The first kappa shape index (κ1) is 28.1. The van der Waals surface area contributed by atoms with Crippen molar-refractivity contribution in [2.45, 2.75) is 22.9 Å². The molecule has 0 spiro atoms. The molecule has 4 rings (SSSR count). The number of carboxylic acids is 1. The van der Waals surface area contributed by atoms with Crippen LogP contribution in [0.15, 0.2) is 39.1 Å². The van der Waals surface area contributed by atoms with Crippen molar-refractivity contribution in [3.8, 4) is 0 Å². The average Bonchev–Trinajstić information content (AvgIpc) is 3.23. The molecule has 0 unspecified atom stereocenters. The van der Waals surface area contributed by atoms with Gasteiger partial charge in [0.15, 0.2) is 10.8 Å². The first-order valence-electron chi connectivity index (χ1n) is 11.1. The lowest BCUT2D eigenvalue weighted by Crippen LogP contribution is -2.80. The van der Waals surface area contributed by atoms with Gasteiger partial charge >= 0.3 is 0 Å². The van der Waals surface area contributed by atoms with Gasteiger partial charge in [-0.1, -0.05) is 39.9 Å². The summed E-state index contributed by atoms with van der Waals surface area (Å²) in [4.78, 5) is 48.1. The number of hydrogen-bond donors (Lipinski definition) is 4. The lowest BCUT2D eigenvalue weighted by molar-refractivity contribution is -0.628. The molecule has 4 heterocycles. The fourth-order valence-electron chi connectivity index (χ4n) is 3.67. The van der Waals surface area contributed by atoms with Gasteiger partial charge in [0.2, 0.25) is 0 Å². The quantitative estimate of drug-likeness (QED) is 0.0796. The van der Waals surface area contributed by atoms with E-state index < -0.39 is 34.9 Å². The number of halogens is 1. The predicted molar refractivity (Wildman–Crippen MR) is 139 cm³/mol. The third-order valence-corrected chi connectivity index (χ3v) is 9.20. The number of thiazole rings is 1. The Balaban J connectivity index is 1.50. The summed E-state index contributed by atoms with van der Waals surface area (Å²) in [5.74, 6) is -2.83. The van der Waals surface area contributed by atoms with E-state index in [2.05, 4.69) is 20.4 Å². The number of pyridine rings is 1. The fourth-order valence-corrected chi connectivity index (χ4v) is 7.15. The largest absolute Gasteiger partial charge is 0.543 e. The number of hydrogen-bond acceptors (Lipinski definition) is 13. The van der Waals surface area contributed by atoms with Crippen molar-refractivity contribution in [3.63, 3.8) is 0 Å². The number of likely N-dealkylation sites (N-methyl/N-ethyl adjacent to an activating group) is 1. The minimum atomic E-state index is -1.51. The summed E-state index contributed by atoms with van der Waals surface area (Å²) in [6, 6.07) is 0.680. The first-order chi connectivity index (χ1) is 18.3. The number of β-lactam (4-membered cyclic amide) rings is 1. The number of nitrogens with one attached hydrogen (secondary N) is 1. The van der Waals surface area contributed by atoms with Gasteiger partial charge in [0.25, 0.3) is 11.8 Å². The van der Waals surface area contributed by atoms with Gasteiger partial charge in [0, 0.05) is 33.5 Å². The maximum absolute atomic E-state index is 13.0. The number of amides is 2. The van der Waals surface area contributed by atoms with Crippen LogP contribution in [-0.2, 0) is 25.7 Å². The number of carbonyl (C=O) groups is 3. The van der Waals surface area contributed by atoms with Crippen LogP contribution in [0.25, 0.3) is 0 Å². The van der Waals surface area contributed by atoms with Crippen LogP contribution in [-0.4, -0.2) is 80.9 Å². The van der Waals surface area contributed by atoms with Crippen molar-refractivity contribution < 1.29 is 34.8 Å². The highest BCUT2D eigenvalue weighted by atomic mass is 35.5. The maximum atomic E-state index is 13.0. The van der Waals surface area contributed by atoms with E-state index in [0.717, 1.165) is 33.2 Å². The number of nitrogens with two attached hydrogens (primary N) is 2. The minimum Gasteiger partial charge on any atom is -0.543 e. The molecule has 2 aromatic heterocycles. The normalized spacial score (nSPS) is 19.3. The van der Waals surface area contributed by atoms with Gasteiger partial charge < -0.3 is 36.2 Å². The molecule has 0 radical (unpaired) electrons. The number of aromatic nitrogens is 2. The zero-order valence-corrected chi connectivity index (χ0v) is 23.0. The lowest BCUT2D eigenvalue weighted by atomic mass is 10.0. The van der Waals surface area contributed by atoms with E-state index >= 15 is 0 Å². The number of carboxylic acid groups (broad SMARTS) is 1. The smallest absolute Gasteiger partial charge is 0.276 e. The number of carbonyl (C=O) groups excluding carboxylic acids is 3. The number of rotatable bonds is 11. The van der Waals surface area contributed by atoms with Crippen molar-refractivity contribution >= 4 is 75.1 Å². The van der Waals surface area contributed by atoms with Crippen molar-refractivity contribution in [3.05, 3.63) is 44.7 Å². The molecule has 2 aliphatic rings. The minimum absolute atomic E-state index is 0.0347. The topological polar surface area (TPSA) is 200 Å². The average molecular weight is 600 g/mol. The van der Waals surface area contributed by atoms with Crippen LogP contribution >= 0.6 is 46.5 Å². The molecule has 6 N–H and O–H groups in total. The zero-order chi connectivity index (χ0) is 27.4. The summed E-state index contributed by atoms with van der Waals surface area (Å²) in [5.41, 5.74) is 5.46. The molecule has 0 aromatic carbocycles. The second kappa shape index (κ2) is 12.3. The molecule has 0 aliphatic carbocycles. The molecule has 1 fully saturated rings. The number of quaternary nitrogens is 1. The molecule has 38 heavy (non-hydrogen) atoms. The highest BCUT2D eigenvalue weighted by molar-refractivity contribution is 8.06. The van der Waals surface area contributed by atoms with Gasteiger partial charge in [0.1, 0.15) is 21.4 Å². The van der Waals surface area contributed by atoms with Gasteiger partial charge in [-0.3, -0.25) is 19.5 Å². The Morgan fingerprint density at radius 2 is 2.29 bits per heavy atom. The van der Waals surface area contributed by atoms with E-state index in [0.29, 0.717) is 18.1 Å². The van der Waals surface area contributed by atoms with Crippen molar-refractivity contribution in [2.24, 2.45) is 5.16 Å². The van der Waals surface area contributed by atoms with Gasteiger partial charge in [-0.15, -0.1) is 11.8 Å². The van der Waals surface area contributed by atoms with Crippen LogP contribution < -0.4 is 21.5 Å². The second-order valence-corrected chi connectivity index (χ2v) is 11.8. The molecule has 2 aromatic rings. The van der Waals surface area contributed by atoms with E-state index in [4.69, 9.17) is 22.1 Å². The Morgan fingerprint density at radius 3 is 2.95 bits per heavy atom. The molecule has 2 aliphatic heterocycles. The molecular weight excluding hydrogens is 578 g/mol. The molecule has 13 nitrogen and oxygen atoms in total. The van der Waals surface area contributed by atoms with Gasteiger partial charge in [-0.05, 0) is 6.07 Å². The predicted octanol–water partition coefficient (Wildman–Crippen LogP) is -1.18. The molecule has 2 amide bonds. The number of thioether (sulfide) groups is 2. The van der Waals surface area contributed by atoms with Crippen LogP contribution in [0, 0.1) is 0 Å². The highest BCUT2D eigenvalue weighted by Gasteiger charge is 2.53. The molecule has 0 saturated carbocycles. The summed E-state index contributed by atoms with van der Waals surface area (Å²) in [5, 5.41) is 28.3. The molecule has 2 atom stereocenters. The summed E-state index contributed by atoms with van der Waals surface area (Å²) in [7, 11) is 1.94. The van der Waals surface area contributed by atoms with Crippen LogP contribution in [0.1, 0.15) is 11.3 Å². The zero-order valence-electron chi connectivity index (χ0n) is 19.7. The number of nitrogen functional groups attached to an aromatic ring is 1. The molecule has 0 bridgehead atoms. The molecule has 1 saturated heterocycles. The van der Waals surface area contributed by atoms with E-state index in [1.165, 1.54) is 23.5 Å². The Kier molecular flexibility index (Phi) is 9.11. The Morgan fingerprint density at radius 1 is 1.50 bits per heavy atom. The SMILES string of the molecule is C[NH2+]CCOCc1cnccc1SC1=C(C(=O)[O-])N2C(=O)[C@@H](NC(=O)/C(=N\O)c3nc(N)sc3Cl)[C@H]2SC1. The van der Waals surface area contributed by atoms with E-state index in [9.17, 15) is 24.7 Å². The van der Waals surface area contributed by atoms with Crippen LogP contribution in [0.3, 0.4) is 0 Å². The van der Waals surface area contributed by atoms with E-state index in [-0.39, 0.29) is 26.6 Å². The van der Waals surface area contributed by atoms with Crippen LogP contribution in [0.5, 0.6) is 0 Å². The van der Waals surface area contributed by atoms with Crippen LogP contribution in [0.2, 0.25) is 4.34 Å². The third kappa shape index (κ3) is 5.74. The summed E-state index contributed by atoms with van der Waals surface area (Å²) < 4.78 is 5.70. The summed E-state index contributed by atoms with van der Waals surface area (Å²) in [6.07, 6.45) is 3.24. The van der Waals surface area contributed by atoms with Crippen molar-refractivity contribution in [1.29, 1.82) is 0 Å². The van der Waals surface area contributed by atoms with Gasteiger partial charge in [-0.2, -0.15) is 0 Å². The standard InChI is InChI=1S/C21H22ClN7O6S3/c1-24-4-5-35-7-9-6-25-3-2-10(9)37-11-8-36-19-14(18(31)29(19)15(11)20(32)33)26-17(30)13(28-34)12-16(22)38-21(23)27-12/h2-3,6,14,19,24,34H,4-5,7-8H2,1H3,(H2,23,27)(H,26,30)(H,32,33)/b28-13-/t14-,19-/m1/s1. The Bertz CT molecular complexity index is 1320. The van der Waals surface area contributed by atoms with Crippen molar-refractivity contribution in [2.75, 3.05) is 31.7 Å². The number of fused-ring (bicyclic) bond motifs is 1. The molecule has 202 valence electrons. The van der Waals surface area contributed by atoms with E-state index in [1.54, 1.807) is 18.5 Å². The number of ether oxygens (including phenoxy) is 1. The van der Waals surface area contributed by atoms with Gasteiger partial charge in [0.05, 0.1) is 38.5 Å². The number of anilines is 1. The number of aliphatic carboxylic acids is 1. The molecular formula is C21H22ClN7O6S3. The summed E-state index contributed by atoms with van der Waals surface area (Å²) >= 11 is 9.37. The first-order valence-corrected chi connectivity index (χ1v) is 14.1. The number of oxime groups is 1. The maximum Gasteiger partial charge on any atom is 0.276 e. The third-order valence-electron chi connectivity index (χ3n) is 5.46. The lowest BCUT2D eigenvalue weighted by Gasteiger charge is -2.50. The number of nitrogens with zero attached hydrogens (tertiary/aromatic N) is 4. The van der Waals surface area contributed by atoms with Crippen molar-refractivity contribution in [1.82, 2.24) is 20.2 Å². The van der Waals surface area contributed by atoms with Gasteiger partial charge in [-0.25, -0.2) is 4.98 Å². The highest BCUT2D eigenvalue weighted by Crippen LogP contribution is 2.45. The fraction of sp³-hybridized carbons (Fsp3) is 0.333. The van der Waals surface area contributed by atoms with Crippen LogP contribution in [0.4, 0.5) is 5.13 Å². The molecule has 17 heteroatoms.